The molecule has 5 heteroatoms. The molecule has 1 heterocycles. The van der Waals surface area contributed by atoms with Gasteiger partial charge in [-0.15, -0.1) is 0 Å². The van der Waals surface area contributed by atoms with Crippen LogP contribution in [-0.2, 0) is 9.47 Å². The summed E-state index contributed by atoms with van der Waals surface area (Å²) in [6.45, 7) is 3.01. The molecule has 0 aliphatic carbocycles. The molecule has 1 aliphatic heterocycles. The van der Waals surface area contributed by atoms with Crippen LogP contribution in [0.15, 0.2) is 12.2 Å². The van der Waals surface area contributed by atoms with Gasteiger partial charge in [0.05, 0.1) is 13.2 Å². The van der Waals surface area contributed by atoms with Gasteiger partial charge in [-0.1, -0.05) is 70.4 Å². The van der Waals surface area contributed by atoms with Crippen LogP contribution in [-0.4, -0.2) is 59.6 Å². The number of aliphatic hydroxyl groups is 3. The number of aliphatic hydroxyl groups excluding tert-OH is 3. The minimum absolute atomic E-state index is 0.0686. The lowest BCUT2D eigenvalue weighted by molar-refractivity contribution is -0.0813. The van der Waals surface area contributed by atoms with Crippen LogP contribution in [0.1, 0.15) is 84.0 Å². The standard InChI is InChI=1S/C22H42O5/c1-2-3-4-5-6-7-8-9-10-11-12-13-14-15-16-26-17-20(24)22-21(25)19(23)18-27-22/h3-4,19-25H,2,5-18H2,1H3/b4-3+/t19-,20+,21+,22+/m0/s1. The molecule has 160 valence electrons. The normalized spacial score (nSPS) is 24.1. The molecule has 1 rings (SSSR count). The van der Waals surface area contributed by atoms with Gasteiger partial charge in [0.25, 0.3) is 0 Å². The third-order valence-electron chi connectivity index (χ3n) is 5.17. The summed E-state index contributed by atoms with van der Waals surface area (Å²) < 4.78 is 10.7. The SMILES string of the molecule is CC/C=C/CCCCCCCCCCCCOC[C@@H](O)[C@H]1OC[C@H](O)[C@H]1O. The van der Waals surface area contributed by atoms with Gasteiger partial charge in [0.15, 0.2) is 0 Å². The minimum atomic E-state index is -1.03. The molecule has 1 fully saturated rings. The van der Waals surface area contributed by atoms with Crippen molar-refractivity contribution in [1.29, 1.82) is 0 Å². The smallest absolute Gasteiger partial charge is 0.114 e. The van der Waals surface area contributed by atoms with E-state index in [1.807, 2.05) is 0 Å². The highest BCUT2D eigenvalue weighted by atomic mass is 16.5. The van der Waals surface area contributed by atoms with Crippen LogP contribution in [0.3, 0.4) is 0 Å². The Bertz CT molecular complexity index is 361. The predicted octanol–water partition coefficient (Wildman–Crippen LogP) is 3.74. The number of hydrogen-bond donors (Lipinski definition) is 3. The molecule has 0 aromatic carbocycles. The molecule has 0 aromatic heterocycles. The van der Waals surface area contributed by atoms with Gasteiger partial charge in [-0.25, -0.2) is 0 Å². The van der Waals surface area contributed by atoms with Crippen LogP contribution in [0.4, 0.5) is 0 Å². The molecule has 1 aliphatic rings. The van der Waals surface area contributed by atoms with E-state index in [0.29, 0.717) is 6.61 Å². The Balaban J connectivity index is 1.78. The highest BCUT2D eigenvalue weighted by Crippen LogP contribution is 2.18. The van der Waals surface area contributed by atoms with Crippen LogP contribution in [0.25, 0.3) is 0 Å². The van der Waals surface area contributed by atoms with Gasteiger partial charge in [-0.05, 0) is 25.7 Å². The number of unbranched alkanes of at least 4 members (excludes halogenated alkanes) is 10. The molecule has 3 N–H and O–H groups in total. The maximum absolute atomic E-state index is 9.93. The largest absolute Gasteiger partial charge is 0.388 e. The van der Waals surface area contributed by atoms with Gasteiger partial charge in [0.1, 0.15) is 24.4 Å². The van der Waals surface area contributed by atoms with Crippen LogP contribution >= 0.6 is 0 Å². The summed E-state index contributed by atoms with van der Waals surface area (Å²) in [5.74, 6) is 0. The molecule has 0 aromatic rings. The molecule has 1 saturated heterocycles. The third kappa shape index (κ3) is 11.9. The molecule has 0 saturated carbocycles. The van der Waals surface area contributed by atoms with E-state index in [0.717, 1.165) is 19.3 Å². The maximum Gasteiger partial charge on any atom is 0.114 e. The lowest BCUT2D eigenvalue weighted by Crippen LogP contribution is -2.40. The van der Waals surface area contributed by atoms with Crippen LogP contribution in [0.2, 0.25) is 0 Å². The average molecular weight is 387 g/mol. The van der Waals surface area contributed by atoms with E-state index in [9.17, 15) is 15.3 Å². The fourth-order valence-corrected chi connectivity index (χ4v) is 3.43. The second-order valence-corrected chi connectivity index (χ2v) is 7.70. The zero-order valence-corrected chi connectivity index (χ0v) is 17.2. The fraction of sp³-hybridized carbons (Fsp3) is 0.909. The number of rotatable bonds is 17. The first kappa shape index (κ1) is 24.6. The van der Waals surface area contributed by atoms with E-state index in [4.69, 9.17) is 9.47 Å². The van der Waals surface area contributed by atoms with E-state index in [-0.39, 0.29) is 13.2 Å². The van der Waals surface area contributed by atoms with Crippen molar-refractivity contribution in [2.75, 3.05) is 19.8 Å². The maximum atomic E-state index is 9.93. The Morgan fingerprint density at radius 1 is 0.926 bits per heavy atom. The number of ether oxygens (including phenoxy) is 2. The summed E-state index contributed by atoms with van der Waals surface area (Å²) in [6.07, 6.45) is 16.2. The molecule has 27 heavy (non-hydrogen) atoms. The van der Waals surface area contributed by atoms with Crippen molar-refractivity contribution >= 4 is 0 Å². The summed E-state index contributed by atoms with van der Waals surface area (Å²) in [5.41, 5.74) is 0. The lowest BCUT2D eigenvalue weighted by atomic mass is 10.1. The lowest BCUT2D eigenvalue weighted by Gasteiger charge is -2.20. The first-order valence-electron chi connectivity index (χ1n) is 11.0. The summed E-state index contributed by atoms with van der Waals surface area (Å²) in [4.78, 5) is 0. The van der Waals surface area contributed by atoms with Crippen molar-refractivity contribution in [3.63, 3.8) is 0 Å². The topological polar surface area (TPSA) is 79.2 Å². The van der Waals surface area contributed by atoms with Crippen molar-refractivity contribution < 1.29 is 24.8 Å². The van der Waals surface area contributed by atoms with Crippen molar-refractivity contribution in [2.24, 2.45) is 0 Å². The molecular weight excluding hydrogens is 344 g/mol. The monoisotopic (exact) mass is 386 g/mol. The van der Waals surface area contributed by atoms with Crippen LogP contribution in [0, 0.1) is 0 Å². The van der Waals surface area contributed by atoms with Gasteiger partial charge in [-0.2, -0.15) is 0 Å². The van der Waals surface area contributed by atoms with E-state index in [1.165, 1.54) is 57.8 Å². The number of hydrogen-bond acceptors (Lipinski definition) is 5. The first-order chi connectivity index (χ1) is 13.2. The van der Waals surface area contributed by atoms with Crippen LogP contribution in [0.5, 0.6) is 0 Å². The second-order valence-electron chi connectivity index (χ2n) is 7.70. The van der Waals surface area contributed by atoms with Gasteiger partial charge in [0.2, 0.25) is 0 Å². The van der Waals surface area contributed by atoms with Crippen molar-refractivity contribution in [1.82, 2.24) is 0 Å². The molecular formula is C22H42O5. The zero-order chi connectivity index (χ0) is 19.7. The molecule has 0 bridgehead atoms. The zero-order valence-electron chi connectivity index (χ0n) is 17.2. The van der Waals surface area contributed by atoms with Gasteiger partial charge in [-0.3, -0.25) is 0 Å². The van der Waals surface area contributed by atoms with Crippen molar-refractivity contribution in [2.45, 2.75) is 108 Å². The molecule has 4 atom stereocenters. The van der Waals surface area contributed by atoms with Gasteiger partial charge in [0, 0.05) is 6.61 Å². The summed E-state index contributed by atoms with van der Waals surface area (Å²) in [5, 5.41) is 29.0. The average Bonchev–Trinajstić information content (AvgIpc) is 3.00. The predicted molar refractivity (Wildman–Crippen MR) is 109 cm³/mol. The molecule has 0 unspecified atom stereocenters. The van der Waals surface area contributed by atoms with E-state index in [1.54, 1.807) is 0 Å². The fourth-order valence-electron chi connectivity index (χ4n) is 3.43. The Labute approximate surface area is 165 Å². The van der Waals surface area contributed by atoms with E-state index < -0.39 is 24.4 Å². The molecule has 5 nitrogen and oxygen atoms in total. The molecule has 0 amide bonds. The van der Waals surface area contributed by atoms with Crippen molar-refractivity contribution in [3.8, 4) is 0 Å². The highest BCUT2D eigenvalue weighted by molar-refractivity contribution is 4.87. The van der Waals surface area contributed by atoms with Gasteiger partial charge < -0.3 is 24.8 Å². The highest BCUT2D eigenvalue weighted by Gasteiger charge is 2.39. The van der Waals surface area contributed by atoms with E-state index >= 15 is 0 Å². The number of allylic oxidation sites excluding steroid dienone is 2. The molecule has 0 radical (unpaired) electrons. The summed E-state index contributed by atoms with van der Waals surface area (Å²) in [7, 11) is 0. The van der Waals surface area contributed by atoms with Crippen LogP contribution < -0.4 is 0 Å². The Hall–Kier alpha value is -0.460. The quantitative estimate of drug-likeness (QED) is 0.262. The minimum Gasteiger partial charge on any atom is -0.388 e. The molecule has 0 spiro atoms. The Morgan fingerprint density at radius 3 is 2.07 bits per heavy atom. The first-order valence-corrected chi connectivity index (χ1v) is 11.0. The summed E-state index contributed by atoms with van der Waals surface area (Å²) >= 11 is 0. The van der Waals surface area contributed by atoms with Crippen molar-refractivity contribution in [3.05, 3.63) is 12.2 Å². The third-order valence-corrected chi connectivity index (χ3v) is 5.17. The second kappa shape index (κ2) is 16.5. The van der Waals surface area contributed by atoms with Gasteiger partial charge >= 0.3 is 0 Å². The summed E-state index contributed by atoms with van der Waals surface area (Å²) in [6, 6.07) is 0. The Morgan fingerprint density at radius 2 is 1.52 bits per heavy atom. The van der Waals surface area contributed by atoms with E-state index in [2.05, 4.69) is 19.1 Å². The Kier molecular flexibility index (Phi) is 15.0.